The molecule has 1 heterocycles. The van der Waals surface area contributed by atoms with Crippen LogP contribution in [0.4, 0.5) is 5.69 Å². The van der Waals surface area contributed by atoms with E-state index in [1.807, 2.05) is 29.7 Å². The SMILES string of the molecule is COCCn1cnnc1-c1ccc(N)c(C)c1. The molecule has 0 amide bonds. The molecule has 0 fully saturated rings. The molecule has 0 unspecified atom stereocenters. The maximum absolute atomic E-state index is 5.80. The van der Waals surface area contributed by atoms with Gasteiger partial charge in [0.25, 0.3) is 0 Å². The van der Waals surface area contributed by atoms with E-state index in [0.29, 0.717) is 6.61 Å². The third kappa shape index (κ3) is 2.45. The van der Waals surface area contributed by atoms with Gasteiger partial charge in [-0.1, -0.05) is 0 Å². The Morgan fingerprint density at radius 3 is 2.94 bits per heavy atom. The van der Waals surface area contributed by atoms with Gasteiger partial charge in [0.1, 0.15) is 6.33 Å². The van der Waals surface area contributed by atoms with Crippen molar-refractivity contribution in [1.82, 2.24) is 14.8 Å². The molecular formula is C12H16N4O. The number of nitrogens with zero attached hydrogens (tertiary/aromatic N) is 3. The Labute approximate surface area is 100 Å². The summed E-state index contributed by atoms with van der Waals surface area (Å²) in [6.45, 7) is 3.36. The van der Waals surface area contributed by atoms with Gasteiger partial charge in [0.15, 0.2) is 5.82 Å². The third-order valence-corrected chi connectivity index (χ3v) is 2.68. The van der Waals surface area contributed by atoms with Gasteiger partial charge in [0, 0.05) is 24.9 Å². The van der Waals surface area contributed by atoms with Gasteiger partial charge in [-0.15, -0.1) is 10.2 Å². The van der Waals surface area contributed by atoms with Crippen molar-refractivity contribution in [3.05, 3.63) is 30.1 Å². The molecule has 0 aliphatic carbocycles. The molecule has 0 radical (unpaired) electrons. The molecule has 0 atom stereocenters. The van der Waals surface area contributed by atoms with Crippen molar-refractivity contribution in [2.45, 2.75) is 13.5 Å². The average molecular weight is 232 g/mol. The molecule has 0 saturated heterocycles. The smallest absolute Gasteiger partial charge is 0.163 e. The molecule has 1 aromatic carbocycles. The molecule has 5 heteroatoms. The fourth-order valence-electron chi connectivity index (χ4n) is 1.65. The van der Waals surface area contributed by atoms with E-state index in [9.17, 15) is 0 Å². The fourth-order valence-corrected chi connectivity index (χ4v) is 1.65. The first kappa shape index (κ1) is 11.6. The number of methoxy groups -OCH3 is 1. The van der Waals surface area contributed by atoms with E-state index in [0.717, 1.165) is 29.2 Å². The topological polar surface area (TPSA) is 66.0 Å². The van der Waals surface area contributed by atoms with Gasteiger partial charge in [-0.05, 0) is 30.7 Å². The van der Waals surface area contributed by atoms with E-state index in [-0.39, 0.29) is 0 Å². The summed E-state index contributed by atoms with van der Waals surface area (Å²) in [4.78, 5) is 0. The Morgan fingerprint density at radius 2 is 2.24 bits per heavy atom. The summed E-state index contributed by atoms with van der Waals surface area (Å²) in [5.41, 5.74) is 8.65. The van der Waals surface area contributed by atoms with E-state index in [1.165, 1.54) is 0 Å². The zero-order valence-corrected chi connectivity index (χ0v) is 10.1. The molecule has 0 bridgehead atoms. The Balaban J connectivity index is 2.32. The molecule has 1 aromatic heterocycles. The van der Waals surface area contributed by atoms with Gasteiger partial charge in [-0.3, -0.25) is 0 Å². The van der Waals surface area contributed by atoms with Crippen LogP contribution >= 0.6 is 0 Å². The second-order valence-electron chi connectivity index (χ2n) is 3.91. The number of aryl methyl sites for hydroxylation is 1. The molecule has 2 N–H and O–H groups in total. The highest BCUT2D eigenvalue weighted by Gasteiger charge is 2.07. The number of hydrogen-bond donors (Lipinski definition) is 1. The van der Waals surface area contributed by atoms with E-state index in [4.69, 9.17) is 10.5 Å². The van der Waals surface area contributed by atoms with Crippen LogP contribution in [-0.2, 0) is 11.3 Å². The van der Waals surface area contributed by atoms with Crippen molar-refractivity contribution in [2.75, 3.05) is 19.5 Å². The summed E-state index contributed by atoms with van der Waals surface area (Å²) in [5, 5.41) is 8.06. The first-order valence-electron chi connectivity index (χ1n) is 5.45. The minimum Gasteiger partial charge on any atom is -0.399 e. The van der Waals surface area contributed by atoms with E-state index in [1.54, 1.807) is 13.4 Å². The predicted octanol–water partition coefficient (Wildman–Crippen LogP) is 1.48. The monoisotopic (exact) mass is 232 g/mol. The van der Waals surface area contributed by atoms with Crippen molar-refractivity contribution in [3.63, 3.8) is 0 Å². The van der Waals surface area contributed by atoms with Crippen LogP contribution in [0.25, 0.3) is 11.4 Å². The summed E-state index contributed by atoms with van der Waals surface area (Å²) in [6, 6.07) is 5.86. The lowest BCUT2D eigenvalue weighted by Gasteiger charge is -2.07. The summed E-state index contributed by atoms with van der Waals surface area (Å²) >= 11 is 0. The molecule has 0 aliphatic heterocycles. The van der Waals surface area contributed by atoms with Crippen LogP contribution in [0.15, 0.2) is 24.5 Å². The Bertz CT molecular complexity index is 507. The summed E-state index contributed by atoms with van der Waals surface area (Å²) in [7, 11) is 1.68. The van der Waals surface area contributed by atoms with E-state index in [2.05, 4.69) is 10.2 Å². The lowest BCUT2D eigenvalue weighted by atomic mass is 10.1. The Hall–Kier alpha value is -1.88. The molecule has 0 saturated carbocycles. The largest absolute Gasteiger partial charge is 0.399 e. The van der Waals surface area contributed by atoms with E-state index >= 15 is 0 Å². The molecule has 90 valence electrons. The number of ether oxygens (including phenoxy) is 1. The van der Waals surface area contributed by atoms with Crippen molar-refractivity contribution >= 4 is 5.69 Å². The molecule has 5 nitrogen and oxygen atoms in total. The normalized spacial score (nSPS) is 10.7. The molecule has 2 rings (SSSR count). The zero-order chi connectivity index (χ0) is 12.3. The van der Waals surface area contributed by atoms with Crippen LogP contribution < -0.4 is 5.73 Å². The Morgan fingerprint density at radius 1 is 1.41 bits per heavy atom. The van der Waals surface area contributed by atoms with Gasteiger partial charge in [0.05, 0.1) is 6.61 Å². The summed E-state index contributed by atoms with van der Waals surface area (Å²) in [5.74, 6) is 0.838. The number of anilines is 1. The number of nitrogen functional groups attached to an aromatic ring is 1. The maximum atomic E-state index is 5.80. The van der Waals surface area contributed by atoms with Crippen LogP contribution in [-0.4, -0.2) is 28.5 Å². The second kappa shape index (κ2) is 4.97. The van der Waals surface area contributed by atoms with Gasteiger partial charge in [-0.25, -0.2) is 0 Å². The van der Waals surface area contributed by atoms with Crippen molar-refractivity contribution in [1.29, 1.82) is 0 Å². The number of rotatable bonds is 4. The number of aromatic nitrogens is 3. The Kier molecular flexibility index (Phi) is 3.39. The molecule has 2 aromatic rings. The van der Waals surface area contributed by atoms with Crippen LogP contribution in [0.2, 0.25) is 0 Å². The minimum absolute atomic E-state index is 0.638. The number of benzene rings is 1. The van der Waals surface area contributed by atoms with Gasteiger partial charge < -0.3 is 15.0 Å². The highest BCUT2D eigenvalue weighted by Crippen LogP contribution is 2.21. The third-order valence-electron chi connectivity index (χ3n) is 2.68. The van der Waals surface area contributed by atoms with Crippen LogP contribution in [0.3, 0.4) is 0 Å². The van der Waals surface area contributed by atoms with E-state index < -0.39 is 0 Å². The highest BCUT2D eigenvalue weighted by atomic mass is 16.5. The van der Waals surface area contributed by atoms with Crippen LogP contribution in [0.1, 0.15) is 5.56 Å². The van der Waals surface area contributed by atoms with Gasteiger partial charge in [-0.2, -0.15) is 0 Å². The summed E-state index contributed by atoms with van der Waals surface area (Å²) < 4.78 is 7.02. The molecule has 17 heavy (non-hydrogen) atoms. The lowest BCUT2D eigenvalue weighted by molar-refractivity contribution is 0.187. The second-order valence-corrected chi connectivity index (χ2v) is 3.91. The quantitative estimate of drug-likeness (QED) is 0.811. The van der Waals surface area contributed by atoms with Crippen LogP contribution in [0, 0.1) is 6.92 Å². The molecule has 0 spiro atoms. The maximum Gasteiger partial charge on any atom is 0.163 e. The molecular weight excluding hydrogens is 216 g/mol. The average Bonchev–Trinajstić information content (AvgIpc) is 2.78. The highest BCUT2D eigenvalue weighted by molar-refractivity contribution is 5.62. The summed E-state index contributed by atoms with van der Waals surface area (Å²) in [6.07, 6.45) is 1.71. The lowest BCUT2D eigenvalue weighted by Crippen LogP contribution is -2.05. The fraction of sp³-hybridized carbons (Fsp3) is 0.333. The van der Waals surface area contributed by atoms with Gasteiger partial charge >= 0.3 is 0 Å². The first-order valence-corrected chi connectivity index (χ1v) is 5.45. The van der Waals surface area contributed by atoms with Crippen molar-refractivity contribution in [2.24, 2.45) is 0 Å². The van der Waals surface area contributed by atoms with Crippen molar-refractivity contribution in [3.8, 4) is 11.4 Å². The van der Waals surface area contributed by atoms with Crippen molar-refractivity contribution < 1.29 is 4.74 Å². The number of hydrogen-bond acceptors (Lipinski definition) is 4. The minimum atomic E-state index is 0.638. The molecule has 0 aliphatic rings. The van der Waals surface area contributed by atoms with Crippen LogP contribution in [0.5, 0.6) is 0 Å². The first-order chi connectivity index (χ1) is 8.22. The standard InChI is InChI=1S/C12H16N4O/c1-9-7-10(3-4-11(9)13)12-15-14-8-16(12)5-6-17-2/h3-4,7-8H,5-6,13H2,1-2H3. The van der Waals surface area contributed by atoms with Gasteiger partial charge in [0.2, 0.25) is 0 Å². The zero-order valence-electron chi connectivity index (χ0n) is 10.1. The predicted molar refractivity (Wildman–Crippen MR) is 66.5 cm³/mol. The number of nitrogens with two attached hydrogens (primary N) is 1.